The number of hydrogen-bond donors (Lipinski definition) is 1. The summed E-state index contributed by atoms with van der Waals surface area (Å²) in [6, 6.07) is 0.300. The Morgan fingerprint density at radius 3 is 2.10 bits per heavy atom. The van der Waals surface area contributed by atoms with Crippen molar-refractivity contribution in [3.8, 4) is 0 Å². The Kier molecular flexibility index (Phi) is 15.1. The van der Waals surface area contributed by atoms with Gasteiger partial charge in [0.05, 0.1) is 0 Å². The van der Waals surface area contributed by atoms with E-state index in [1.54, 1.807) is 0 Å². The number of carbonyl (C=O) groups is 1. The lowest BCUT2D eigenvalue weighted by Crippen LogP contribution is -2.43. The predicted molar refractivity (Wildman–Crippen MR) is 94.5 cm³/mol. The fourth-order valence-electron chi connectivity index (χ4n) is 2.73. The Morgan fingerprint density at radius 1 is 1.10 bits per heavy atom. The summed E-state index contributed by atoms with van der Waals surface area (Å²) in [5, 5.41) is 0. The van der Waals surface area contributed by atoms with Gasteiger partial charge in [-0.2, -0.15) is 0 Å². The molecular formula is C15H33Cl2N3O. The second kappa shape index (κ2) is 13.6. The van der Waals surface area contributed by atoms with Crippen LogP contribution in [-0.2, 0) is 4.79 Å². The zero-order chi connectivity index (χ0) is 14.1. The van der Waals surface area contributed by atoms with E-state index in [1.807, 2.05) is 4.90 Å². The van der Waals surface area contributed by atoms with E-state index in [4.69, 9.17) is 5.73 Å². The van der Waals surface area contributed by atoms with Crippen LogP contribution in [0.5, 0.6) is 0 Å². The number of halogens is 2. The molecule has 1 aliphatic rings. The molecule has 1 rings (SSSR count). The molecule has 6 heteroatoms. The van der Waals surface area contributed by atoms with Gasteiger partial charge in [0, 0.05) is 25.6 Å². The summed E-state index contributed by atoms with van der Waals surface area (Å²) >= 11 is 0. The molecule has 1 fully saturated rings. The van der Waals surface area contributed by atoms with Crippen molar-refractivity contribution in [2.75, 3.05) is 32.7 Å². The Labute approximate surface area is 142 Å². The smallest absolute Gasteiger partial charge is 0.222 e. The zero-order valence-electron chi connectivity index (χ0n) is 13.6. The Balaban J connectivity index is 0. The standard InChI is InChI=1S/C15H31N3O.2ClH/c1-3-9-17(10-4-2)11-5-6-15(19)18-12-7-14(16)8-13-18;;/h14H,3-13,16H2,1-2H3;2*1H. The molecule has 1 aliphatic heterocycles. The highest BCUT2D eigenvalue weighted by Crippen LogP contribution is 2.10. The third-order valence-corrected chi connectivity index (χ3v) is 3.84. The summed E-state index contributed by atoms with van der Waals surface area (Å²) < 4.78 is 0. The maximum Gasteiger partial charge on any atom is 0.222 e. The van der Waals surface area contributed by atoms with Gasteiger partial charge in [0.1, 0.15) is 0 Å². The van der Waals surface area contributed by atoms with Crippen LogP contribution in [0.2, 0.25) is 0 Å². The third kappa shape index (κ3) is 9.56. The molecule has 0 saturated carbocycles. The minimum absolute atomic E-state index is 0. The number of carbonyl (C=O) groups excluding carboxylic acids is 1. The summed E-state index contributed by atoms with van der Waals surface area (Å²) in [6.45, 7) is 9.50. The summed E-state index contributed by atoms with van der Waals surface area (Å²) in [7, 11) is 0. The largest absolute Gasteiger partial charge is 0.343 e. The number of amides is 1. The molecule has 0 radical (unpaired) electrons. The van der Waals surface area contributed by atoms with Crippen LogP contribution >= 0.6 is 24.8 Å². The van der Waals surface area contributed by atoms with Crippen molar-refractivity contribution >= 4 is 30.7 Å². The lowest BCUT2D eigenvalue weighted by Gasteiger charge is -2.30. The minimum Gasteiger partial charge on any atom is -0.343 e. The van der Waals surface area contributed by atoms with Gasteiger partial charge in [0.15, 0.2) is 0 Å². The second-order valence-electron chi connectivity index (χ2n) is 5.66. The van der Waals surface area contributed by atoms with Crippen molar-refractivity contribution in [3.63, 3.8) is 0 Å². The lowest BCUT2D eigenvalue weighted by atomic mass is 10.1. The van der Waals surface area contributed by atoms with Gasteiger partial charge >= 0.3 is 0 Å². The Hall–Kier alpha value is -0.0300. The number of likely N-dealkylation sites (tertiary alicyclic amines) is 1. The number of piperidine rings is 1. The zero-order valence-corrected chi connectivity index (χ0v) is 15.2. The van der Waals surface area contributed by atoms with Gasteiger partial charge in [0.2, 0.25) is 5.91 Å². The van der Waals surface area contributed by atoms with Crippen LogP contribution in [-0.4, -0.2) is 54.5 Å². The molecule has 0 unspecified atom stereocenters. The van der Waals surface area contributed by atoms with E-state index in [0.717, 1.165) is 52.0 Å². The quantitative estimate of drug-likeness (QED) is 0.738. The van der Waals surface area contributed by atoms with E-state index in [0.29, 0.717) is 18.4 Å². The molecular weight excluding hydrogens is 309 g/mol. The van der Waals surface area contributed by atoms with Crippen LogP contribution < -0.4 is 5.73 Å². The molecule has 0 aromatic heterocycles. The maximum absolute atomic E-state index is 12.1. The van der Waals surface area contributed by atoms with E-state index in [1.165, 1.54) is 12.8 Å². The molecule has 2 N–H and O–H groups in total. The maximum atomic E-state index is 12.1. The van der Waals surface area contributed by atoms with Crippen LogP contribution in [0, 0.1) is 0 Å². The number of hydrogen-bond acceptors (Lipinski definition) is 3. The van der Waals surface area contributed by atoms with Crippen molar-refractivity contribution in [1.82, 2.24) is 9.80 Å². The molecule has 0 aromatic carbocycles. The van der Waals surface area contributed by atoms with Crippen LogP contribution in [0.3, 0.4) is 0 Å². The molecule has 0 aromatic rings. The molecule has 1 amide bonds. The summed E-state index contributed by atoms with van der Waals surface area (Å²) in [5.41, 5.74) is 5.86. The molecule has 0 spiro atoms. The van der Waals surface area contributed by atoms with E-state index in [9.17, 15) is 4.79 Å². The second-order valence-corrected chi connectivity index (χ2v) is 5.66. The summed E-state index contributed by atoms with van der Waals surface area (Å²) in [4.78, 5) is 16.5. The predicted octanol–water partition coefficient (Wildman–Crippen LogP) is 2.68. The van der Waals surface area contributed by atoms with Crippen molar-refractivity contribution in [2.24, 2.45) is 5.73 Å². The monoisotopic (exact) mass is 341 g/mol. The first-order chi connectivity index (χ1) is 9.17. The van der Waals surface area contributed by atoms with E-state index >= 15 is 0 Å². The lowest BCUT2D eigenvalue weighted by molar-refractivity contribution is -0.132. The minimum atomic E-state index is 0. The SMILES string of the molecule is CCCN(CCC)CCCC(=O)N1CCC(N)CC1.Cl.Cl. The fraction of sp³-hybridized carbons (Fsp3) is 0.933. The van der Waals surface area contributed by atoms with E-state index < -0.39 is 0 Å². The average Bonchev–Trinajstić information content (AvgIpc) is 2.40. The van der Waals surface area contributed by atoms with E-state index in [-0.39, 0.29) is 24.8 Å². The van der Waals surface area contributed by atoms with Crippen molar-refractivity contribution in [2.45, 2.75) is 58.4 Å². The number of nitrogens with two attached hydrogens (primary N) is 1. The van der Waals surface area contributed by atoms with Crippen LogP contribution in [0.4, 0.5) is 0 Å². The van der Waals surface area contributed by atoms with Crippen molar-refractivity contribution in [3.05, 3.63) is 0 Å². The summed E-state index contributed by atoms with van der Waals surface area (Å²) in [5.74, 6) is 0.319. The summed E-state index contributed by atoms with van der Waals surface area (Å²) in [6.07, 6.45) is 5.99. The van der Waals surface area contributed by atoms with E-state index in [2.05, 4.69) is 18.7 Å². The first-order valence-electron chi connectivity index (χ1n) is 7.93. The molecule has 21 heavy (non-hydrogen) atoms. The molecule has 1 heterocycles. The number of nitrogens with zero attached hydrogens (tertiary/aromatic N) is 2. The molecule has 0 bridgehead atoms. The van der Waals surface area contributed by atoms with Crippen LogP contribution in [0.15, 0.2) is 0 Å². The molecule has 0 atom stereocenters. The van der Waals surface area contributed by atoms with Gasteiger partial charge in [-0.05, 0) is 51.7 Å². The Morgan fingerprint density at radius 2 is 1.62 bits per heavy atom. The number of rotatable bonds is 8. The van der Waals surface area contributed by atoms with Crippen molar-refractivity contribution < 1.29 is 4.79 Å². The van der Waals surface area contributed by atoms with Crippen LogP contribution in [0.25, 0.3) is 0 Å². The molecule has 4 nitrogen and oxygen atoms in total. The first-order valence-corrected chi connectivity index (χ1v) is 7.93. The first kappa shape index (κ1) is 23.2. The average molecular weight is 342 g/mol. The van der Waals surface area contributed by atoms with Gasteiger partial charge in [-0.1, -0.05) is 13.8 Å². The van der Waals surface area contributed by atoms with Gasteiger partial charge in [0.25, 0.3) is 0 Å². The normalized spacial score (nSPS) is 15.5. The Bertz CT molecular complexity index is 253. The highest BCUT2D eigenvalue weighted by atomic mass is 35.5. The highest BCUT2D eigenvalue weighted by molar-refractivity contribution is 5.85. The third-order valence-electron chi connectivity index (χ3n) is 3.84. The van der Waals surface area contributed by atoms with Crippen LogP contribution in [0.1, 0.15) is 52.4 Å². The fourth-order valence-corrected chi connectivity index (χ4v) is 2.73. The molecule has 0 aliphatic carbocycles. The topological polar surface area (TPSA) is 49.6 Å². The highest BCUT2D eigenvalue weighted by Gasteiger charge is 2.20. The molecule has 1 saturated heterocycles. The van der Waals surface area contributed by atoms with Crippen molar-refractivity contribution in [1.29, 1.82) is 0 Å². The van der Waals surface area contributed by atoms with Gasteiger partial charge in [-0.25, -0.2) is 0 Å². The van der Waals surface area contributed by atoms with Gasteiger partial charge in [-0.15, -0.1) is 24.8 Å². The van der Waals surface area contributed by atoms with Gasteiger partial charge in [-0.3, -0.25) is 4.79 Å². The molecule has 128 valence electrons. The van der Waals surface area contributed by atoms with Gasteiger partial charge < -0.3 is 15.5 Å².